The number of carbonyl (C=O) groups excluding carboxylic acids is 2. The van der Waals surface area contributed by atoms with Crippen LogP contribution in [-0.2, 0) is 9.59 Å². The normalized spacial score (nSPS) is 25.8. The number of hydrogen-bond acceptors (Lipinski definition) is 6. The van der Waals surface area contributed by atoms with Crippen LogP contribution in [0.1, 0.15) is 33.1 Å². The molecule has 3 fully saturated rings. The van der Waals surface area contributed by atoms with E-state index in [-0.39, 0.29) is 23.3 Å². The quantitative estimate of drug-likeness (QED) is 0.518. The van der Waals surface area contributed by atoms with Crippen LogP contribution in [0.25, 0.3) is 11.1 Å². The van der Waals surface area contributed by atoms with Crippen molar-refractivity contribution in [2.45, 2.75) is 51.4 Å². The topological polar surface area (TPSA) is 80.8 Å². The number of likely N-dealkylation sites (N-methyl/N-ethyl adjacent to an activating group) is 1. The van der Waals surface area contributed by atoms with Crippen LogP contribution in [0, 0.1) is 17.7 Å². The summed E-state index contributed by atoms with van der Waals surface area (Å²) in [4.78, 5) is 35.9. The lowest BCUT2D eigenvalue weighted by molar-refractivity contribution is -0.197. The highest BCUT2D eigenvalue weighted by Gasteiger charge is 2.50. The van der Waals surface area contributed by atoms with Crippen LogP contribution < -0.4 is 20.4 Å². The Morgan fingerprint density at radius 2 is 1.76 bits per heavy atom. The molecular weight excluding hydrogens is 540 g/mol. The number of pyridine rings is 1. The van der Waals surface area contributed by atoms with Gasteiger partial charge in [-0.05, 0) is 58.0 Å². The number of anilines is 3. The smallest absolute Gasteiger partial charge is 0.367 e. The molecule has 8 nitrogen and oxygen atoms in total. The molecule has 2 aromatic rings. The Labute approximate surface area is 237 Å². The number of aromatic nitrogens is 1. The summed E-state index contributed by atoms with van der Waals surface area (Å²) in [6.07, 6.45) is -1.78. The van der Waals surface area contributed by atoms with Crippen molar-refractivity contribution in [3.05, 3.63) is 36.3 Å². The van der Waals surface area contributed by atoms with Crippen molar-refractivity contribution >= 4 is 29.0 Å². The van der Waals surface area contributed by atoms with Gasteiger partial charge in [0.25, 0.3) is 0 Å². The van der Waals surface area contributed by atoms with Crippen LogP contribution in [0.15, 0.2) is 30.5 Å². The average Bonchev–Trinajstić information content (AvgIpc) is 3.47. The van der Waals surface area contributed by atoms with Crippen molar-refractivity contribution in [3.8, 4) is 11.1 Å². The minimum Gasteiger partial charge on any atom is -0.367 e. The molecule has 2 unspecified atom stereocenters. The summed E-state index contributed by atoms with van der Waals surface area (Å²) in [5.41, 5.74) is 1.29. The molecule has 4 heterocycles. The van der Waals surface area contributed by atoms with E-state index < -0.39 is 48.6 Å². The number of nitrogens with zero attached hydrogens (tertiary/aromatic N) is 4. The van der Waals surface area contributed by atoms with Gasteiger partial charge in [-0.2, -0.15) is 13.2 Å². The Bertz CT molecular complexity index is 1270. The Morgan fingerprint density at radius 3 is 2.37 bits per heavy atom. The molecule has 3 saturated heterocycles. The van der Waals surface area contributed by atoms with Gasteiger partial charge in [-0.3, -0.25) is 14.5 Å². The molecule has 1 aromatic heterocycles. The standard InChI is InChI=1S/C29H36F4N6O2/c1-17-15-39(16-18(2)37(17)3)25-12-23(30)20(19-6-7-26(34-13-19)38-8-4-5-9-38)10-24(25)36-28(41)21-14-35-27(40)11-22(21)29(31,32)33/h6-7,10,12-13,17-18,21-22H,4-5,8-9,11,14-16H2,1-3H3,(H,35,40)(H,36,41)/t17-,18+,21?,22?. The first-order valence-corrected chi connectivity index (χ1v) is 14.1. The summed E-state index contributed by atoms with van der Waals surface area (Å²) in [6.45, 7) is 6.55. The van der Waals surface area contributed by atoms with Crippen LogP contribution in [0.4, 0.5) is 34.8 Å². The van der Waals surface area contributed by atoms with E-state index in [1.165, 1.54) is 12.1 Å². The number of carbonyl (C=O) groups is 2. The van der Waals surface area contributed by atoms with Crippen LogP contribution in [-0.4, -0.2) is 79.7 Å². The maximum Gasteiger partial charge on any atom is 0.393 e. The van der Waals surface area contributed by atoms with Gasteiger partial charge < -0.3 is 20.4 Å². The molecule has 0 radical (unpaired) electrons. The fraction of sp³-hybridized carbons (Fsp3) is 0.552. The third kappa shape index (κ3) is 6.12. The summed E-state index contributed by atoms with van der Waals surface area (Å²) < 4.78 is 57.1. The van der Waals surface area contributed by atoms with Crippen LogP contribution >= 0.6 is 0 Å². The minimum absolute atomic E-state index is 0.121. The second-order valence-electron chi connectivity index (χ2n) is 11.5. The van der Waals surface area contributed by atoms with Crippen molar-refractivity contribution < 1.29 is 27.2 Å². The lowest BCUT2D eigenvalue weighted by Crippen LogP contribution is -2.55. The number of piperidine rings is 1. The molecule has 2 N–H and O–H groups in total. The molecule has 12 heteroatoms. The predicted molar refractivity (Wildman–Crippen MR) is 149 cm³/mol. The number of amides is 2. The Morgan fingerprint density at radius 1 is 1.07 bits per heavy atom. The second-order valence-corrected chi connectivity index (χ2v) is 11.5. The number of benzene rings is 1. The number of halogens is 4. The highest BCUT2D eigenvalue weighted by atomic mass is 19.4. The van der Waals surface area contributed by atoms with Gasteiger partial charge in [0.2, 0.25) is 11.8 Å². The van der Waals surface area contributed by atoms with E-state index in [9.17, 15) is 22.8 Å². The number of hydrogen-bond donors (Lipinski definition) is 2. The summed E-state index contributed by atoms with van der Waals surface area (Å²) >= 11 is 0. The fourth-order valence-electron chi connectivity index (χ4n) is 6.05. The van der Waals surface area contributed by atoms with Crippen molar-refractivity contribution in [2.75, 3.05) is 54.9 Å². The van der Waals surface area contributed by atoms with Crippen LogP contribution in [0.5, 0.6) is 0 Å². The molecule has 3 aliphatic rings. The largest absolute Gasteiger partial charge is 0.393 e. The average molecular weight is 577 g/mol. The van der Waals surface area contributed by atoms with E-state index >= 15 is 4.39 Å². The maximum absolute atomic E-state index is 15.7. The third-order valence-corrected chi connectivity index (χ3v) is 8.70. The van der Waals surface area contributed by atoms with Crippen molar-refractivity contribution in [3.63, 3.8) is 0 Å². The summed E-state index contributed by atoms with van der Waals surface area (Å²) in [7, 11) is 2.01. The molecule has 41 heavy (non-hydrogen) atoms. The van der Waals surface area contributed by atoms with Crippen molar-refractivity contribution in [1.82, 2.24) is 15.2 Å². The molecule has 0 saturated carbocycles. The second kappa shape index (κ2) is 11.5. The minimum atomic E-state index is -4.72. The molecule has 0 bridgehead atoms. The highest BCUT2D eigenvalue weighted by Crippen LogP contribution is 2.39. The van der Waals surface area contributed by atoms with E-state index in [2.05, 4.69) is 25.4 Å². The zero-order chi connectivity index (χ0) is 29.5. The molecule has 5 rings (SSSR count). The van der Waals surface area contributed by atoms with Gasteiger partial charge in [0.05, 0.1) is 23.2 Å². The number of alkyl halides is 3. The van der Waals surface area contributed by atoms with Crippen LogP contribution in [0.3, 0.4) is 0 Å². The van der Waals surface area contributed by atoms with E-state index in [0.717, 1.165) is 31.7 Å². The first kappa shape index (κ1) is 29.1. The molecule has 222 valence electrons. The molecule has 3 aliphatic heterocycles. The fourth-order valence-corrected chi connectivity index (χ4v) is 6.05. The summed E-state index contributed by atoms with van der Waals surface area (Å²) in [5.74, 6) is -4.96. The van der Waals surface area contributed by atoms with Crippen molar-refractivity contribution in [1.29, 1.82) is 0 Å². The Balaban J connectivity index is 1.50. The lowest BCUT2D eigenvalue weighted by atomic mass is 9.84. The van der Waals surface area contributed by atoms with Gasteiger partial charge in [-0.1, -0.05) is 0 Å². The Hall–Kier alpha value is -3.41. The number of nitrogens with one attached hydrogen (secondary N) is 2. The molecule has 4 atom stereocenters. The van der Waals surface area contributed by atoms with Gasteiger partial charge in [0, 0.05) is 68.6 Å². The van der Waals surface area contributed by atoms with E-state index in [0.29, 0.717) is 24.3 Å². The van der Waals surface area contributed by atoms with Crippen molar-refractivity contribution in [2.24, 2.45) is 11.8 Å². The van der Waals surface area contributed by atoms with E-state index in [4.69, 9.17) is 0 Å². The first-order chi connectivity index (χ1) is 19.4. The molecule has 2 amide bonds. The molecule has 0 aliphatic carbocycles. The zero-order valence-corrected chi connectivity index (χ0v) is 23.5. The maximum atomic E-state index is 15.7. The van der Waals surface area contributed by atoms with E-state index in [1.54, 1.807) is 12.3 Å². The zero-order valence-electron chi connectivity index (χ0n) is 23.5. The molecular formula is C29H36F4N6O2. The third-order valence-electron chi connectivity index (χ3n) is 8.70. The SMILES string of the molecule is C[C@@H]1CN(c2cc(F)c(-c3ccc(N4CCCC4)nc3)cc2NC(=O)C2CNC(=O)CC2C(F)(F)F)C[C@H](C)N1C. The highest BCUT2D eigenvalue weighted by molar-refractivity contribution is 5.98. The van der Waals surface area contributed by atoms with Gasteiger partial charge in [-0.15, -0.1) is 0 Å². The predicted octanol–water partition coefficient (Wildman–Crippen LogP) is 4.27. The molecule has 0 spiro atoms. The van der Waals surface area contributed by atoms with Crippen LogP contribution in [0.2, 0.25) is 0 Å². The van der Waals surface area contributed by atoms with Gasteiger partial charge in [-0.25, -0.2) is 9.37 Å². The number of rotatable bonds is 5. The lowest BCUT2D eigenvalue weighted by Gasteiger charge is -2.44. The Kier molecular flexibility index (Phi) is 8.13. The van der Waals surface area contributed by atoms with Gasteiger partial charge in [0.15, 0.2) is 0 Å². The van der Waals surface area contributed by atoms with Gasteiger partial charge >= 0.3 is 6.18 Å². The molecule has 1 aromatic carbocycles. The van der Waals surface area contributed by atoms with Gasteiger partial charge in [0.1, 0.15) is 11.6 Å². The van der Waals surface area contributed by atoms with E-state index in [1.807, 2.05) is 31.9 Å². The monoisotopic (exact) mass is 576 g/mol. The first-order valence-electron chi connectivity index (χ1n) is 14.1. The summed E-state index contributed by atoms with van der Waals surface area (Å²) in [5, 5.41) is 5.07. The summed E-state index contributed by atoms with van der Waals surface area (Å²) in [6, 6.07) is 6.65. The number of piperazine rings is 1.